The maximum absolute atomic E-state index is 7.23. The molecule has 2 heterocycles. The maximum atomic E-state index is 7.23. The number of aromatic nitrogens is 2. The fourth-order valence-corrected chi connectivity index (χ4v) is 12.7. The van der Waals surface area contributed by atoms with Gasteiger partial charge in [-0.2, -0.15) is 0 Å². The highest BCUT2D eigenvalue weighted by Crippen LogP contribution is 2.69. The first-order valence-electron chi connectivity index (χ1n) is 23.8. The number of benzene rings is 10. The molecule has 3 heteroatoms. The van der Waals surface area contributed by atoms with Crippen LogP contribution in [-0.2, 0) is 10.8 Å². The second-order valence-electron chi connectivity index (χ2n) is 18.6. The third-order valence-electron chi connectivity index (χ3n) is 15.4. The number of nitrogens with zero attached hydrogens (tertiary/aromatic N) is 2. The smallest absolute Gasteiger partial charge is 0.160 e. The van der Waals surface area contributed by atoms with Gasteiger partial charge in [-0.15, -0.1) is 0 Å². The molecule has 2 spiro atoms. The second kappa shape index (κ2) is 14.3. The van der Waals surface area contributed by atoms with Gasteiger partial charge in [-0.3, -0.25) is 0 Å². The Morgan fingerprint density at radius 3 is 1.46 bits per heavy atom. The molecular weight excluding hydrogens is 837 g/mol. The minimum atomic E-state index is -0.773. The van der Waals surface area contributed by atoms with Crippen LogP contribution in [0.5, 0.6) is 0 Å². The van der Waals surface area contributed by atoms with E-state index in [2.05, 4.69) is 237 Å². The molecule has 320 valence electrons. The van der Waals surface area contributed by atoms with Crippen LogP contribution in [0.3, 0.4) is 0 Å². The zero-order chi connectivity index (χ0) is 45.3. The first kappa shape index (κ1) is 38.2. The maximum Gasteiger partial charge on any atom is 0.160 e. The molecule has 0 aliphatic heterocycles. The fraction of sp³-hybridized carbons (Fsp3) is 0.0303. The van der Waals surface area contributed by atoms with Crippen molar-refractivity contribution >= 4 is 21.9 Å². The summed E-state index contributed by atoms with van der Waals surface area (Å²) in [6.07, 6.45) is 0. The summed E-state index contributed by atoms with van der Waals surface area (Å²) in [6.45, 7) is 0. The number of fused-ring (bicyclic) bond motifs is 20. The molecule has 0 radical (unpaired) electrons. The highest BCUT2D eigenvalue weighted by atomic mass is 16.3. The lowest BCUT2D eigenvalue weighted by Gasteiger charge is -2.48. The number of furan rings is 1. The van der Waals surface area contributed by atoms with E-state index in [1.807, 2.05) is 6.07 Å². The Hall–Kier alpha value is -8.92. The first-order valence-corrected chi connectivity index (χ1v) is 23.8. The van der Waals surface area contributed by atoms with Crippen LogP contribution < -0.4 is 0 Å². The molecule has 15 rings (SSSR count). The van der Waals surface area contributed by atoms with Crippen LogP contribution in [0.1, 0.15) is 44.5 Å². The Morgan fingerprint density at radius 2 is 0.797 bits per heavy atom. The highest BCUT2D eigenvalue weighted by Gasteiger charge is 2.60. The fourth-order valence-electron chi connectivity index (χ4n) is 12.7. The highest BCUT2D eigenvalue weighted by molar-refractivity contribution is 6.12. The van der Waals surface area contributed by atoms with Crippen molar-refractivity contribution in [3.05, 3.63) is 287 Å². The monoisotopic (exact) mass is 876 g/mol. The predicted molar refractivity (Wildman–Crippen MR) is 279 cm³/mol. The summed E-state index contributed by atoms with van der Waals surface area (Å²) in [5.41, 5.74) is 22.5. The van der Waals surface area contributed by atoms with Crippen molar-refractivity contribution in [1.82, 2.24) is 9.97 Å². The summed E-state index contributed by atoms with van der Waals surface area (Å²) in [4.78, 5) is 10.8. The Kier molecular flexibility index (Phi) is 7.92. The molecule has 0 unspecified atom stereocenters. The largest absolute Gasteiger partial charge is 0.456 e. The van der Waals surface area contributed by atoms with Crippen LogP contribution in [0, 0.1) is 0 Å². The number of hydrogen-bond acceptors (Lipinski definition) is 3. The summed E-state index contributed by atoms with van der Waals surface area (Å²) < 4.78 is 7.23. The van der Waals surface area contributed by atoms with Gasteiger partial charge >= 0.3 is 0 Å². The van der Waals surface area contributed by atoms with Crippen molar-refractivity contribution in [1.29, 1.82) is 0 Å². The Labute approximate surface area is 399 Å². The van der Waals surface area contributed by atoms with Crippen molar-refractivity contribution in [2.24, 2.45) is 0 Å². The average molecular weight is 877 g/mol. The normalized spacial score (nSPS) is 14.0. The summed E-state index contributed by atoms with van der Waals surface area (Å²) in [7, 11) is 0. The van der Waals surface area contributed by atoms with Crippen molar-refractivity contribution in [2.75, 3.05) is 0 Å². The van der Waals surface area contributed by atoms with Gasteiger partial charge in [0.1, 0.15) is 11.2 Å². The quantitative estimate of drug-likeness (QED) is 0.177. The number of hydrogen-bond donors (Lipinski definition) is 0. The Balaban J connectivity index is 1.05. The van der Waals surface area contributed by atoms with E-state index < -0.39 is 10.8 Å². The first-order chi connectivity index (χ1) is 34.2. The SMILES string of the molecule is c1ccc(-c2ccc(-c3cc(-c4cccc5c4-c4ccc6c(oc7ccccc76)c4C54c5ccccc5C5(c6ccccc6-c6ccccc65)c5ccccc54)nc(-c4ccccc4)n3)cc2)cc1. The van der Waals surface area contributed by atoms with Crippen molar-refractivity contribution in [2.45, 2.75) is 10.8 Å². The predicted octanol–water partition coefficient (Wildman–Crippen LogP) is 16.1. The van der Waals surface area contributed by atoms with Gasteiger partial charge in [0, 0.05) is 33.0 Å². The molecule has 0 N–H and O–H groups in total. The van der Waals surface area contributed by atoms with Gasteiger partial charge in [0.2, 0.25) is 0 Å². The topological polar surface area (TPSA) is 38.9 Å². The van der Waals surface area contributed by atoms with E-state index in [4.69, 9.17) is 14.4 Å². The van der Waals surface area contributed by atoms with Crippen molar-refractivity contribution in [3.8, 4) is 67.3 Å². The zero-order valence-corrected chi connectivity index (χ0v) is 37.4. The van der Waals surface area contributed by atoms with Crippen molar-refractivity contribution < 1.29 is 4.42 Å². The van der Waals surface area contributed by atoms with Gasteiger partial charge < -0.3 is 4.42 Å². The van der Waals surface area contributed by atoms with Gasteiger partial charge in [-0.1, -0.05) is 224 Å². The lowest BCUT2D eigenvalue weighted by molar-refractivity contribution is 0.614. The Morgan fingerprint density at radius 1 is 0.304 bits per heavy atom. The molecule has 0 bridgehead atoms. The summed E-state index contributed by atoms with van der Waals surface area (Å²) in [5, 5.41) is 2.22. The molecule has 0 atom stereocenters. The van der Waals surface area contributed by atoms with Crippen LogP contribution in [0.15, 0.2) is 247 Å². The van der Waals surface area contributed by atoms with Gasteiger partial charge in [0.05, 0.1) is 22.2 Å². The second-order valence-corrected chi connectivity index (χ2v) is 18.6. The van der Waals surface area contributed by atoms with E-state index in [0.717, 1.165) is 66.7 Å². The standard InChI is InChI=1S/C66H40N2O/c1-3-18-41(19-4-1)42-34-36-43(37-35-42)58-40-59(68-64(67-58)44-20-5-2-6-21-44)49-25-17-32-57-61(49)50-39-38-48-47-24-9-16-33-60(47)69-63(48)62(50)66(57)55-30-14-12-28-53(55)65(54-29-13-15-31-56(54)66)51-26-10-7-22-45(51)46-23-8-11-27-52(46)65/h1-40H. The molecule has 3 aliphatic rings. The molecule has 10 aromatic carbocycles. The molecule has 0 amide bonds. The van der Waals surface area contributed by atoms with Crippen LogP contribution >= 0.6 is 0 Å². The average Bonchev–Trinajstić information content (AvgIpc) is 4.06. The minimum Gasteiger partial charge on any atom is -0.456 e. The molecule has 0 saturated carbocycles. The van der Waals surface area contributed by atoms with Crippen LogP contribution in [-0.4, -0.2) is 9.97 Å². The molecular formula is C66H40N2O. The lowest BCUT2D eigenvalue weighted by atomic mass is 9.52. The van der Waals surface area contributed by atoms with E-state index >= 15 is 0 Å². The number of rotatable bonds is 4. The van der Waals surface area contributed by atoms with Crippen LogP contribution in [0.25, 0.3) is 89.2 Å². The van der Waals surface area contributed by atoms with Gasteiger partial charge in [-0.05, 0) is 90.5 Å². The molecule has 2 aromatic heterocycles. The molecule has 3 nitrogen and oxygen atoms in total. The molecule has 0 saturated heterocycles. The minimum absolute atomic E-state index is 0.559. The third kappa shape index (κ3) is 5.06. The third-order valence-corrected chi connectivity index (χ3v) is 15.4. The van der Waals surface area contributed by atoms with Crippen LogP contribution in [0.4, 0.5) is 0 Å². The van der Waals surface area contributed by atoms with E-state index in [1.165, 1.54) is 61.2 Å². The van der Waals surface area contributed by atoms with E-state index in [0.29, 0.717) is 5.82 Å². The molecule has 69 heavy (non-hydrogen) atoms. The van der Waals surface area contributed by atoms with Crippen molar-refractivity contribution in [3.63, 3.8) is 0 Å². The summed E-state index contributed by atoms with van der Waals surface area (Å²) in [6, 6.07) is 88.5. The lowest BCUT2D eigenvalue weighted by Crippen LogP contribution is -2.43. The van der Waals surface area contributed by atoms with Crippen LogP contribution in [0.2, 0.25) is 0 Å². The zero-order valence-electron chi connectivity index (χ0n) is 37.4. The van der Waals surface area contributed by atoms with E-state index in [1.54, 1.807) is 0 Å². The molecule has 0 fully saturated rings. The molecule has 12 aromatic rings. The Bertz CT molecular complexity index is 3980. The summed E-state index contributed by atoms with van der Waals surface area (Å²) >= 11 is 0. The summed E-state index contributed by atoms with van der Waals surface area (Å²) in [5.74, 6) is 0.683. The number of para-hydroxylation sites is 1. The van der Waals surface area contributed by atoms with Gasteiger partial charge in [-0.25, -0.2) is 9.97 Å². The van der Waals surface area contributed by atoms with E-state index in [-0.39, 0.29) is 0 Å². The van der Waals surface area contributed by atoms with E-state index in [9.17, 15) is 0 Å². The molecule has 3 aliphatic carbocycles. The van der Waals surface area contributed by atoms with Gasteiger partial charge in [0.25, 0.3) is 0 Å². The van der Waals surface area contributed by atoms with Gasteiger partial charge in [0.15, 0.2) is 5.82 Å².